The second kappa shape index (κ2) is 18.6. The summed E-state index contributed by atoms with van der Waals surface area (Å²) in [6.07, 6.45) is 21.7. The second-order valence-electron chi connectivity index (χ2n) is 9.70. The zero-order chi connectivity index (χ0) is 24.4. The summed E-state index contributed by atoms with van der Waals surface area (Å²) in [7, 11) is 0. The number of halogens is 2. The lowest BCUT2D eigenvalue weighted by Crippen LogP contribution is -2.42. The van der Waals surface area contributed by atoms with E-state index in [0.29, 0.717) is 4.47 Å². The predicted octanol–water partition coefficient (Wildman–Crippen LogP) is 8.67. The molecule has 0 aromatic heterocycles. The van der Waals surface area contributed by atoms with Gasteiger partial charge in [-0.2, -0.15) is 0 Å². The summed E-state index contributed by atoms with van der Waals surface area (Å²) in [5, 5.41) is 6.48. The standard InChI is InChI=1S/C28H46BrFN2OS/c1-2-3-4-5-6-7-8-9-10-11-12-13-14-15-16-17-20-31-27(33)26-22-34-28(32-26)23-18-19-25(30)24(29)21-23/h18-19,21,26,28,32H,2-17,20,22H2,1H3,(H,31,33)/t26-,28?/m1/s1. The largest absolute Gasteiger partial charge is 0.355 e. The molecule has 0 bridgehead atoms. The summed E-state index contributed by atoms with van der Waals surface area (Å²) < 4.78 is 13.9. The molecule has 3 nitrogen and oxygen atoms in total. The highest BCUT2D eigenvalue weighted by Gasteiger charge is 2.30. The van der Waals surface area contributed by atoms with Gasteiger partial charge in [-0.25, -0.2) is 4.39 Å². The molecule has 1 heterocycles. The van der Waals surface area contributed by atoms with Gasteiger partial charge in [0.15, 0.2) is 0 Å². The molecule has 0 radical (unpaired) electrons. The normalized spacial score (nSPS) is 17.9. The molecule has 2 rings (SSSR count). The van der Waals surface area contributed by atoms with Crippen molar-refractivity contribution in [1.82, 2.24) is 10.6 Å². The van der Waals surface area contributed by atoms with Crippen LogP contribution < -0.4 is 10.6 Å². The Kier molecular flexibility index (Phi) is 16.3. The first-order valence-electron chi connectivity index (χ1n) is 13.7. The van der Waals surface area contributed by atoms with Crippen molar-refractivity contribution < 1.29 is 9.18 Å². The maximum absolute atomic E-state index is 13.4. The molecule has 1 fully saturated rings. The van der Waals surface area contributed by atoms with Crippen molar-refractivity contribution in [3.8, 4) is 0 Å². The van der Waals surface area contributed by atoms with Crippen LogP contribution in [0.15, 0.2) is 22.7 Å². The Bertz CT molecular complexity index is 690. The smallest absolute Gasteiger partial charge is 0.238 e. The average Bonchev–Trinajstić information content (AvgIpc) is 3.33. The van der Waals surface area contributed by atoms with Crippen molar-refractivity contribution in [1.29, 1.82) is 0 Å². The molecule has 194 valence electrons. The monoisotopic (exact) mass is 556 g/mol. The van der Waals surface area contributed by atoms with Crippen LogP contribution in [0.3, 0.4) is 0 Å². The lowest BCUT2D eigenvalue weighted by molar-refractivity contribution is -0.122. The highest BCUT2D eigenvalue weighted by atomic mass is 79.9. The highest BCUT2D eigenvalue weighted by Crippen LogP contribution is 2.34. The molecule has 2 N–H and O–H groups in total. The van der Waals surface area contributed by atoms with E-state index in [1.807, 2.05) is 0 Å². The molecule has 1 aromatic carbocycles. The van der Waals surface area contributed by atoms with Gasteiger partial charge in [0.05, 0.1) is 15.9 Å². The van der Waals surface area contributed by atoms with Crippen molar-refractivity contribution in [3.63, 3.8) is 0 Å². The van der Waals surface area contributed by atoms with Gasteiger partial charge in [-0.3, -0.25) is 10.1 Å². The third-order valence-corrected chi connectivity index (χ3v) is 8.55. The van der Waals surface area contributed by atoms with Crippen molar-refractivity contribution in [3.05, 3.63) is 34.1 Å². The number of benzene rings is 1. The number of carbonyl (C=O) groups excluding carboxylic acids is 1. The third kappa shape index (κ3) is 12.4. The minimum atomic E-state index is -0.264. The number of rotatable bonds is 19. The van der Waals surface area contributed by atoms with Gasteiger partial charge in [-0.15, -0.1) is 11.8 Å². The van der Waals surface area contributed by atoms with Crippen LogP contribution in [0.1, 0.15) is 121 Å². The molecule has 2 atom stereocenters. The fourth-order valence-electron chi connectivity index (χ4n) is 4.50. The van der Waals surface area contributed by atoms with Crippen molar-refractivity contribution in [2.45, 2.75) is 121 Å². The minimum absolute atomic E-state index is 0.0307. The summed E-state index contributed by atoms with van der Waals surface area (Å²) in [6, 6.07) is 4.85. The van der Waals surface area contributed by atoms with Crippen LogP contribution in [0.2, 0.25) is 0 Å². The first-order valence-corrected chi connectivity index (χ1v) is 15.6. The lowest BCUT2D eigenvalue weighted by Gasteiger charge is -2.14. The Labute approximate surface area is 220 Å². The van der Waals surface area contributed by atoms with E-state index in [-0.39, 0.29) is 23.1 Å². The number of thioether (sulfide) groups is 1. The maximum Gasteiger partial charge on any atom is 0.238 e. The van der Waals surface area contributed by atoms with Crippen molar-refractivity contribution in [2.24, 2.45) is 0 Å². The molecule has 0 saturated carbocycles. The summed E-state index contributed by atoms with van der Waals surface area (Å²) in [5.41, 5.74) is 0.992. The van der Waals surface area contributed by atoms with Crippen molar-refractivity contribution >= 4 is 33.6 Å². The highest BCUT2D eigenvalue weighted by molar-refractivity contribution is 9.10. The molecule has 1 aliphatic rings. The van der Waals surface area contributed by atoms with Gasteiger partial charge >= 0.3 is 0 Å². The summed E-state index contributed by atoms with van der Waals surface area (Å²) in [4.78, 5) is 12.4. The van der Waals surface area contributed by atoms with E-state index in [4.69, 9.17) is 0 Å². The van der Waals surface area contributed by atoms with Gasteiger partial charge in [0, 0.05) is 12.3 Å². The SMILES string of the molecule is CCCCCCCCCCCCCCCCCCNC(=O)[C@H]1CSC(c2ccc(F)c(Br)c2)N1. The molecule has 1 aliphatic heterocycles. The fourth-order valence-corrected chi connectivity index (χ4v) is 6.13. The lowest BCUT2D eigenvalue weighted by atomic mass is 10.0. The molecule has 6 heteroatoms. The minimum Gasteiger partial charge on any atom is -0.355 e. The Balaban J connectivity index is 1.37. The van der Waals surface area contributed by atoms with E-state index in [9.17, 15) is 9.18 Å². The molecule has 1 aromatic rings. The van der Waals surface area contributed by atoms with Crippen LogP contribution in [0.5, 0.6) is 0 Å². The van der Waals surface area contributed by atoms with Gasteiger partial charge in [-0.05, 0) is 40.0 Å². The molecular formula is C28H46BrFN2OS. The predicted molar refractivity (Wildman–Crippen MR) is 149 cm³/mol. The van der Waals surface area contributed by atoms with Gasteiger partial charge in [0.2, 0.25) is 5.91 Å². The second-order valence-corrected chi connectivity index (χ2v) is 11.7. The summed E-state index contributed by atoms with van der Waals surface area (Å²) in [6.45, 7) is 3.04. The first kappa shape index (κ1) is 29.6. The van der Waals surface area contributed by atoms with Gasteiger partial charge in [-0.1, -0.05) is 109 Å². The van der Waals surface area contributed by atoms with Crippen molar-refractivity contribution in [2.75, 3.05) is 12.3 Å². The fraction of sp³-hybridized carbons (Fsp3) is 0.750. The van der Waals surface area contributed by atoms with E-state index in [1.54, 1.807) is 23.9 Å². The van der Waals surface area contributed by atoms with Gasteiger partial charge < -0.3 is 5.32 Å². The topological polar surface area (TPSA) is 41.1 Å². The number of hydrogen-bond acceptors (Lipinski definition) is 3. The summed E-state index contributed by atoms with van der Waals surface area (Å²) in [5.74, 6) is 0.557. The number of nitrogens with one attached hydrogen (secondary N) is 2. The van der Waals surface area contributed by atoms with Crippen LogP contribution in [0, 0.1) is 5.82 Å². The maximum atomic E-state index is 13.4. The number of hydrogen-bond donors (Lipinski definition) is 2. The molecule has 0 spiro atoms. The first-order chi connectivity index (χ1) is 16.6. The van der Waals surface area contributed by atoms with Crippen LogP contribution in [-0.2, 0) is 4.79 Å². The van der Waals surface area contributed by atoms with Gasteiger partial charge in [0.25, 0.3) is 0 Å². The Morgan fingerprint density at radius 1 is 0.941 bits per heavy atom. The number of amides is 1. The Hall–Kier alpha value is -0.590. The molecule has 34 heavy (non-hydrogen) atoms. The molecule has 1 amide bonds. The van der Waals surface area contributed by atoms with E-state index >= 15 is 0 Å². The third-order valence-electron chi connectivity index (χ3n) is 6.67. The van der Waals surface area contributed by atoms with E-state index in [0.717, 1.165) is 24.3 Å². The summed E-state index contributed by atoms with van der Waals surface area (Å²) >= 11 is 4.93. The van der Waals surface area contributed by atoms with E-state index in [1.165, 1.54) is 102 Å². The van der Waals surface area contributed by atoms with E-state index in [2.05, 4.69) is 33.5 Å². The van der Waals surface area contributed by atoms with Crippen LogP contribution in [0.25, 0.3) is 0 Å². The van der Waals surface area contributed by atoms with Crippen LogP contribution in [0.4, 0.5) is 4.39 Å². The molecule has 1 unspecified atom stereocenters. The molecule has 0 aliphatic carbocycles. The van der Waals surface area contributed by atoms with Crippen LogP contribution in [-0.4, -0.2) is 24.2 Å². The molecule has 1 saturated heterocycles. The average molecular weight is 558 g/mol. The molecular weight excluding hydrogens is 511 g/mol. The zero-order valence-corrected chi connectivity index (χ0v) is 23.6. The van der Waals surface area contributed by atoms with E-state index < -0.39 is 0 Å². The quantitative estimate of drug-likeness (QED) is 0.167. The Morgan fingerprint density at radius 2 is 1.47 bits per heavy atom. The van der Waals surface area contributed by atoms with Gasteiger partial charge in [0.1, 0.15) is 5.82 Å². The Morgan fingerprint density at radius 3 is 2.00 bits per heavy atom. The number of unbranched alkanes of at least 4 members (excludes halogenated alkanes) is 15. The number of carbonyl (C=O) groups is 1. The van der Waals surface area contributed by atoms with Crippen LogP contribution >= 0.6 is 27.7 Å². The zero-order valence-electron chi connectivity index (χ0n) is 21.2.